The van der Waals surface area contributed by atoms with Gasteiger partial charge in [-0.25, -0.2) is 4.79 Å². The Labute approximate surface area is 117 Å². The lowest BCUT2D eigenvalue weighted by Crippen LogP contribution is -2.41. The third-order valence-corrected chi connectivity index (χ3v) is 3.07. The van der Waals surface area contributed by atoms with Gasteiger partial charge in [-0.3, -0.25) is 14.5 Å². The first kappa shape index (κ1) is 14.0. The van der Waals surface area contributed by atoms with Crippen molar-refractivity contribution in [1.29, 1.82) is 0 Å². The summed E-state index contributed by atoms with van der Waals surface area (Å²) in [6.45, 7) is 2.02. The van der Waals surface area contributed by atoms with Crippen LogP contribution in [0.5, 0.6) is 0 Å². The first-order chi connectivity index (χ1) is 9.61. The van der Waals surface area contributed by atoms with E-state index >= 15 is 0 Å². The Morgan fingerprint density at radius 3 is 2.65 bits per heavy atom. The molecule has 1 atom stereocenters. The van der Waals surface area contributed by atoms with Crippen LogP contribution in [-0.4, -0.2) is 41.9 Å². The predicted octanol–water partition coefficient (Wildman–Crippen LogP) is 0.286. The molecule has 1 aromatic rings. The summed E-state index contributed by atoms with van der Waals surface area (Å²) in [5, 5.41) is 5.17. The minimum atomic E-state index is -0.598. The van der Waals surface area contributed by atoms with E-state index in [1.54, 1.807) is 6.92 Å². The lowest BCUT2D eigenvalue weighted by molar-refractivity contribution is -0.132. The van der Waals surface area contributed by atoms with Gasteiger partial charge in [0.1, 0.15) is 12.6 Å². The average Bonchev–Trinajstić information content (AvgIpc) is 2.68. The number of amides is 4. The van der Waals surface area contributed by atoms with Gasteiger partial charge < -0.3 is 10.6 Å². The van der Waals surface area contributed by atoms with Gasteiger partial charge in [0, 0.05) is 13.0 Å². The Hall–Kier alpha value is -2.37. The highest BCUT2D eigenvalue weighted by atomic mass is 16.2. The van der Waals surface area contributed by atoms with Crippen molar-refractivity contribution in [2.45, 2.75) is 19.4 Å². The summed E-state index contributed by atoms with van der Waals surface area (Å²) in [5.74, 6) is -0.693. The summed E-state index contributed by atoms with van der Waals surface area (Å²) in [6, 6.07) is 8.32. The summed E-state index contributed by atoms with van der Waals surface area (Å²) in [5.41, 5.74) is 0.964. The molecule has 20 heavy (non-hydrogen) atoms. The molecule has 1 saturated heterocycles. The first-order valence-corrected chi connectivity index (χ1v) is 6.54. The Bertz CT molecular complexity index is 516. The van der Waals surface area contributed by atoms with E-state index in [0.717, 1.165) is 10.5 Å². The second-order valence-corrected chi connectivity index (χ2v) is 4.57. The molecular formula is C14H17N3O3. The van der Waals surface area contributed by atoms with Crippen LogP contribution in [0.4, 0.5) is 4.79 Å². The molecule has 1 heterocycles. The molecule has 0 aromatic heterocycles. The number of carbonyl (C=O) groups excluding carboxylic acids is 3. The van der Waals surface area contributed by atoms with Crippen LogP contribution in [0.25, 0.3) is 0 Å². The molecule has 1 aromatic carbocycles. The zero-order valence-electron chi connectivity index (χ0n) is 11.3. The van der Waals surface area contributed by atoms with Crippen LogP contribution in [0, 0.1) is 0 Å². The van der Waals surface area contributed by atoms with E-state index in [9.17, 15) is 14.4 Å². The number of urea groups is 1. The number of likely N-dealkylation sites (N-methyl/N-ethyl adjacent to an activating group) is 1. The van der Waals surface area contributed by atoms with E-state index in [0.29, 0.717) is 13.0 Å². The summed E-state index contributed by atoms with van der Waals surface area (Å²) in [4.78, 5) is 36.3. The van der Waals surface area contributed by atoms with E-state index in [-0.39, 0.29) is 18.4 Å². The minimum absolute atomic E-state index is 0.232. The number of nitrogens with zero attached hydrogens (tertiary/aromatic N) is 1. The predicted molar refractivity (Wildman–Crippen MR) is 72.9 cm³/mol. The minimum Gasteiger partial charge on any atom is -0.355 e. The highest BCUT2D eigenvalue weighted by Crippen LogP contribution is 2.11. The maximum Gasteiger partial charge on any atom is 0.325 e. The molecule has 1 fully saturated rings. The average molecular weight is 275 g/mol. The number of nitrogens with one attached hydrogen (secondary N) is 2. The van der Waals surface area contributed by atoms with Gasteiger partial charge in [-0.1, -0.05) is 30.3 Å². The molecule has 1 aliphatic heterocycles. The van der Waals surface area contributed by atoms with E-state index in [2.05, 4.69) is 10.6 Å². The topological polar surface area (TPSA) is 78.5 Å². The highest BCUT2D eigenvalue weighted by Gasteiger charge is 2.38. The molecule has 1 aliphatic rings. The van der Waals surface area contributed by atoms with Gasteiger partial charge in [0.2, 0.25) is 5.91 Å². The number of hydrogen-bond donors (Lipinski definition) is 2. The monoisotopic (exact) mass is 275 g/mol. The quantitative estimate of drug-likeness (QED) is 0.758. The van der Waals surface area contributed by atoms with Crippen molar-refractivity contribution in [3.05, 3.63) is 35.9 Å². The lowest BCUT2D eigenvalue weighted by Gasteiger charge is -2.12. The van der Waals surface area contributed by atoms with Gasteiger partial charge in [-0.05, 0) is 12.5 Å². The lowest BCUT2D eigenvalue weighted by atomic mass is 10.1. The van der Waals surface area contributed by atoms with Crippen molar-refractivity contribution in [3.8, 4) is 0 Å². The van der Waals surface area contributed by atoms with Gasteiger partial charge >= 0.3 is 6.03 Å². The van der Waals surface area contributed by atoms with Gasteiger partial charge in [0.05, 0.1) is 0 Å². The molecule has 0 spiro atoms. The third-order valence-electron chi connectivity index (χ3n) is 3.07. The second kappa shape index (κ2) is 6.18. The third kappa shape index (κ3) is 3.14. The van der Waals surface area contributed by atoms with Crippen LogP contribution in [0.15, 0.2) is 30.3 Å². The standard InChI is InChI=1S/C14H17N3O3/c1-2-15-12(18)9-17-13(19)11(16-14(17)20)8-10-6-4-3-5-7-10/h3-7,11H,2,8-9H2,1H3,(H,15,18)(H,16,20)/t11-/m1/s1. The second-order valence-electron chi connectivity index (χ2n) is 4.57. The van der Waals surface area contributed by atoms with Gasteiger partial charge in [0.15, 0.2) is 0 Å². The largest absolute Gasteiger partial charge is 0.355 e. The normalized spacial score (nSPS) is 18.1. The highest BCUT2D eigenvalue weighted by molar-refractivity contribution is 6.06. The summed E-state index contributed by atoms with van der Waals surface area (Å²) >= 11 is 0. The maximum atomic E-state index is 12.1. The number of imide groups is 1. The zero-order valence-corrected chi connectivity index (χ0v) is 11.3. The molecule has 0 saturated carbocycles. The fourth-order valence-electron chi connectivity index (χ4n) is 2.11. The maximum absolute atomic E-state index is 12.1. The molecule has 106 valence electrons. The fraction of sp³-hybridized carbons (Fsp3) is 0.357. The van der Waals surface area contributed by atoms with Crippen LogP contribution in [0.3, 0.4) is 0 Å². The molecule has 0 unspecified atom stereocenters. The number of rotatable bonds is 5. The van der Waals surface area contributed by atoms with Gasteiger partial charge in [-0.2, -0.15) is 0 Å². The molecule has 6 heteroatoms. The summed E-state index contributed by atoms with van der Waals surface area (Å²) in [6.07, 6.45) is 0.428. The van der Waals surface area contributed by atoms with Gasteiger partial charge in [0.25, 0.3) is 5.91 Å². The van der Waals surface area contributed by atoms with Crippen LogP contribution >= 0.6 is 0 Å². The van der Waals surface area contributed by atoms with Crippen molar-refractivity contribution in [3.63, 3.8) is 0 Å². The molecule has 2 N–H and O–H groups in total. The number of benzene rings is 1. The molecule has 0 bridgehead atoms. The Morgan fingerprint density at radius 1 is 1.30 bits per heavy atom. The number of hydrogen-bond acceptors (Lipinski definition) is 3. The molecule has 0 radical (unpaired) electrons. The van der Waals surface area contributed by atoms with Crippen LogP contribution < -0.4 is 10.6 Å². The van der Waals surface area contributed by atoms with Crippen LogP contribution in [0.1, 0.15) is 12.5 Å². The Morgan fingerprint density at radius 2 is 2.00 bits per heavy atom. The van der Waals surface area contributed by atoms with Crippen molar-refractivity contribution >= 4 is 17.8 Å². The molecule has 6 nitrogen and oxygen atoms in total. The van der Waals surface area contributed by atoms with E-state index in [1.165, 1.54) is 0 Å². The van der Waals surface area contributed by atoms with Crippen molar-refractivity contribution < 1.29 is 14.4 Å². The fourth-order valence-corrected chi connectivity index (χ4v) is 2.11. The van der Waals surface area contributed by atoms with E-state index in [1.807, 2.05) is 30.3 Å². The molecular weight excluding hydrogens is 258 g/mol. The van der Waals surface area contributed by atoms with Crippen LogP contribution in [-0.2, 0) is 16.0 Å². The van der Waals surface area contributed by atoms with Gasteiger partial charge in [-0.15, -0.1) is 0 Å². The van der Waals surface area contributed by atoms with Crippen molar-refractivity contribution in [1.82, 2.24) is 15.5 Å². The Balaban J connectivity index is 2.00. The summed E-state index contributed by atoms with van der Waals surface area (Å²) < 4.78 is 0. The van der Waals surface area contributed by atoms with E-state index in [4.69, 9.17) is 0 Å². The molecule has 4 amide bonds. The van der Waals surface area contributed by atoms with Crippen LogP contribution in [0.2, 0.25) is 0 Å². The van der Waals surface area contributed by atoms with Crippen molar-refractivity contribution in [2.24, 2.45) is 0 Å². The smallest absolute Gasteiger partial charge is 0.325 e. The zero-order chi connectivity index (χ0) is 14.5. The summed E-state index contributed by atoms with van der Waals surface area (Å²) in [7, 11) is 0. The first-order valence-electron chi connectivity index (χ1n) is 6.54. The van der Waals surface area contributed by atoms with Crippen molar-refractivity contribution in [2.75, 3.05) is 13.1 Å². The molecule has 0 aliphatic carbocycles. The molecule has 2 rings (SSSR count). The number of carbonyl (C=O) groups is 3. The Kier molecular flexibility index (Phi) is 4.34. The van der Waals surface area contributed by atoms with E-state index < -0.39 is 12.1 Å². The SMILES string of the molecule is CCNC(=O)CN1C(=O)N[C@H](Cc2ccccc2)C1=O.